The van der Waals surface area contributed by atoms with Crippen LogP contribution in [0.3, 0.4) is 0 Å². The van der Waals surface area contributed by atoms with Crippen molar-refractivity contribution in [2.75, 3.05) is 11.3 Å². The smallest absolute Gasteiger partial charge is 0.341 e. The summed E-state index contributed by atoms with van der Waals surface area (Å²) in [6.45, 7) is 4.97. The van der Waals surface area contributed by atoms with E-state index in [4.69, 9.17) is 4.74 Å². The van der Waals surface area contributed by atoms with Gasteiger partial charge in [-0.15, -0.1) is 0 Å². The molecule has 7 nitrogen and oxygen atoms in total. The molecule has 0 spiro atoms. The standard InChI is InChI=1S/C19H21FN2O5S/c1-4-21-18(23)13(3)27-19(24)15-7-5-6-8-17(15)22-28(25,26)14-9-10-16(20)12(2)11-14/h5-11,13,22H,4H2,1-3H3,(H,21,23)/t13-/m0/s1. The highest BCUT2D eigenvalue weighted by Gasteiger charge is 2.23. The first-order valence-corrected chi connectivity index (χ1v) is 10.0. The van der Waals surface area contributed by atoms with E-state index in [0.29, 0.717) is 6.54 Å². The molecule has 1 amide bonds. The van der Waals surface area contributed by atoms with E-state index in [9.17, 15) is 22.4 Å². The number of nitrogens with one attached hydrogen (secondary N) is 2. The van der Waals surface area contributed by atoms with E-state index in [1.54, 1.807) is 6.92 Å². The molecule has 0 aliphatic heterocycles. The summed E-state index contributed by atoms with van der Waals surface area (Å²) in [6.07, 6.45) is -1.04. The Balaban J connectivity index is 2.27. The Morgan fingerprint density at radius 3 is 2.50 bits per heavy atom. The van der Waals surface area contributed by atoms with Gasteiger partial charge in [0.15, 0.2) is 6.10 Å². The average molecular weight is 408 g/mol. The molecule has 150 valence electrons. The van der Waals surface area contributed by atoms with Crippen LogP contribution in [0.25, 0.3) is 0 Å². The van der Waals surface area contributed by atoms with E-state index in [1.165, 1.54) is 44.2 Å². The SMILES string of the molecule is CCNC(=O)[C@H](C)OC(=O)c1ccccc1NS(=O)(=O)c1ccc(F)c(C)c1. The van der Waals surface area contributed by atoms with Gasteiger partial charge < -0.3 is 10.1 Å². The number of para-hydroxylation sites is 1. The molecule has 2 aromatic rings. The quantitative estimate of drug-likeness (QED) is 0.686. The van der Waals surface area contributed by atoms with Crippen molar-refractivity contribution in [2.45, 2.75) is 31.8 Å². The van der Waals surface area contributed by atoms with Gasteiger partial charge in [0.25, 0.3) is 15.9 Å². The van der Waals surface area contributed by atoms with Crippen molar-refractivity contribution in [3.05, 3.63) is 59.4 Å². The zero-order chi connectivity index (χ0) is 20.9. The van der Waals surface area contributed by atoms with Crippen LogP contribution in [0.1, 0.15) is 29.8 Å². The number of hydrogen-bond acceptors (Lipinski definition) is 5. The van der Waals surface area contributed by atoms with Gasteiger partial charge in [0, 0.05) is 6.54 Å². The van der Waals surface area contributed by atoms with E-state index in [2.05, 4.69) is 10.0 Å². The molecule has 2 aromatic carbocycles. The number of rotatable bonds is 7. The Bertz CT molecular complexity index is 992. The minimum Gasteiger partial charge on any atom is -0.449 e. The summed E-state index contributed by atoms with van der Waals surface area (Å²) in [7, 11) is -4.07. The van der Waals surface area contributed by atoms with E-state index >= 15 is 0 Å². The fourth-order valence-corrected chi connectivity index (χ4v) is 3.50. The Labute approximate surface area is 163 Å². The molecule has 0 saturated heterocycles. The monoisotopic (exact) mass is 408 g/mol. The number of esters is 1. The van der Waals surface area contributed by atoms with Crippen LogP contribution in [0.15, 0.2) is 47.4 Å². The summed E-state index contributed by atoms with van der Waals surface area (Å²) in [5.41, 5.74) is 0.102. The normalized spacial score (nSPS) is 12.1. The molecule has 0 aliphatic carbocycles. The van der Waals surface area contributed by atoms with Crippen LogP contribution in [0.4, 0.5) is 10.1 Å². The lowest BCUT2D eigenvalue weighted by Gasteiger charge is -2.15. The second-order valence-corrected chi connectivity index (χ2v) is 7.69. The topological polar surface area (TPSA) is 102 Å². The maximum Gasteiger partial charge on any atom is 0.341 e. The molecule has 2 N–H and O–H groups in total. The minimum absolute atomic E-state index is 0.0161. The highest BCUT2D eigenvalue weighted by atomic mass is 32.2. The van der Waals surface area contributed by atoms with Gasteiger partial charge in [0.1, 0.15) is 5.82 Å². The van der Waals surface area contributed by atoms with Crippen molar-refractivity contribution in [1.29, 1.82) is 0 Å². The van der Waals surface area contributed by atoms with Gasteiger partial charge in [-0.05, 0) is 56.7 Å². The van der Waals surface area contributed by atoms with Crippen LogP contribution in [0, 0.1) is 12.7 Å². The molecular formula is C19H21FN2O5S. The number of halogens is 1. The van der Waals surface area contributed by atoms with Crippen molar-refractivity contribution in [1.82, 2.24) is 5.32 Å². The number of anilines is 1. The molecule has 0 aromatic heterocycles. The summed E-state index contributed by atoms with van der Waals surface area (Å²) in [4.78, 5) is 24.0. The molecule has 0 fully saturated rings. The largest absolute Gasteiger partial charge is 0.449 e. The van der Waals surface area contributed by atoms with Gasteiger partial charge in [-0.1, -0.05) is 12.1 Å². The predicted octanol–water partition coefficient (Wildman–Crippen LogP) is 2.62. The van der Waals surface area contributed by atoms with Gasteiger partial charge in [-0.3, -0.25) is 9.52 Å². The van der Waals surface area contributed by atoms with Gasteiger partial charge in [-0.25, -0.2) is 17.6 Å². The number of hydrogen-bond donors (Lipinski definition) is 2. The van der Waals surface area contributed by atoms with Crippen LogP contribution < -0.4 is 10.0 Å². The van der Waals surface area contributed by atoms with Crippen molar-refractivity contribution in [2.24, 2.45) is 0 Å². The second-order valence-electron chi connectivity index (χ2n) is 6.00. The van der Waals surface area contributed by atoms with Crippen LogP contribution in [0.5, 0.6) is 0 Å². The summed E-state index contributed by atoms with van der Waals surface area (Å²) in [6, 6.07) is 9.21. The number of carbonyl (C=O) groups excluding carboxylic acids is 2. The molecule has 0 unspecified atom stereocenters. The first-order valence-electron chi connectivity index (χ1n) is 8.52. The lowest BCUT2D eigenvalue weighted by Crippen LogP contribution is -2.35. The fourth-order valence-electron chi connectivity index (χ4n) is 2.33. The Morgan fingerprint density at radius 2 is 1.86 bits per heavy atom. The highest BCUT2D eigenvalue weighted by molar-refractivity contribution is 7.92. The van der Waals surface area contributed by atoms with Crippen molar-refractivity contribution in [3.8, 4) is 0 Å². The molecule has 0 heterocycles. The number of likely N-dealkylation sites (N-methyl/N-ethyl adjacent to an activating group) is 1. The molecule has 2 rings (SSSR count). The Morgan fingerprint density at radius 1 is 1.18 bits per heavy atom. The Hall–Kier alpha value is -2.94. The van der Waals surface area contributed by atoms with Gasteiger partial charge in [0.05, 0.1) is 16.1 Å². The number of amides is 1. The number of carbonyl (C=O) groups is 2. The number of aryl methyl sites for hydroxylation is 1. The average Bonchev–Trinajstić information content (AvgIpc) is 2.64. The Kier molecular flexibility index (Phi) is 6.74. The maximum atomic E-state index is 13.4. The molecule has 0 radical (unpaired) electrons. The lowest BCUT2D eigenvalue weighted by atomic mass is 10.2. The third-order valence-electron chi connectivity index (χ3n) is 3.84. The third-order valence-corrected chi connectivity index (χ3v) is 5.20. The molecule has 28 heavy (non-hydrogen) atoms. The fraction of sp³-hybridized carbons (Fsp3) is 0.263. The molecule has 0 bridgehead atoms. The molecule has 1 atom stereocenters. The van der Waals surface area contributed by atoms with Gasteiger partial charge in [0.2, 0.25) is 0 Å². The van der Waals surface area contributed by atoms with Crippen molar-refractivity contribution >= 4 is 27.6 Å². The van der Waals surface area contributed by atoms with Crippen LogP contribution in [0.2, 0.25) is 0 Å². The van der Waals surface area contributed by atoms with Gasteiger partial charge >= 0.3 is 5.97 Å². The number of benzene rings is 2. The number of ether oxygens (including phenoxy) is 1. The summed E-state index contributed by atoms with van der Waals surface area (Å²) >= 11 is 0. The third kappa shape index (κ3) is 5.07. The van der Waals surface area contributed by atoms with E-state index in [-0.39, 0.29) is 21.7 Å². The summed E-state index contributed by atoms with van der Waals surface area (Å²) in [5.74, 6) is -1.84. The lowest BCUT2D eigenvalue weighted by molar-refractivity contribution is -0.128. The second kappa shape index (κ2) is 8.83. The van der Waals surface area contributed by atoms with E-state index in [0.717, 1.165) is 12.1 Å². The summed E-state index contributed by atoms with van der Waals surface area (Å²) in [5, 5.41) is 2.53. The molecular weight excluding hydrogens is 387 g/mol. The molecule has 9 heteroatoms. The van der Waals surface area contributed by atoms with Gasteiger partial charge in [-0.2, -0.15) is 0 Å². The first-order chi connectivity index (χ1) is 13.2. The van der Waals surface area contributed by atoms with Crippen molar-refractivity contribution in [3.63, 3.8) is 0 Å². The van der Waals surface area contributed by atoms with E-state index in [1.807, 2.05) is 0 Å². The molecule has 0 aliphatic rings. The van der Waals surface area contributed by atoms with Crippen LogP contribution in [-0.2, 0) is 19.6 Å². The number of sulfonamides is 1. The van der Waals surface area contributed by atoms with Crippen molar-refractivity contribution < 1.29 is 27.1 Å². The highest BCUT2D eigenvalue weighted by Crippen LogP contribution is 2.22. The first kappa shape index (κ1) is 21.4. The van der Waals surface area contributed by atoms with E-state index < -0.39 is 33.8 Å². The van der Waals surface area contributed by atoms with Crippen LogP contribution >= 0.6 is 0 Å². The molecule has 0 saturated carbocycles. The zero-order valence-corrected chi connectivity index (χ0v) is 16.5. The predicted molar refractivity (Wildman–Crippen MR) is 102 cm³/mol. The zero-order valence-electron chi connectivity index (χ0n) is 15.7. The maximum absolute atomic E-state index is 13.4. The minimum atomic E-state index is -4.07. The summed E-state index contributed by atoms with van der Waals surface area (Å²) < 4.78 is 46.0. The van der Waals surface area contributed by atoms with Crippen LogP contribution in [-0.4, -0.2) is 32.9 Å².